The predicted molar refractivity (Wildman–Crippen MR) is 122 cm³/mol. The molecule has 0 atom stereocenters. The number of carbonyl (C=O) groups is 1. The van der Waals surface area contributed by atoms with Crippen molar-refractivity contribution in [2.24, 2.45) is 5.92 Å². The van der Waals surface area contributed by atoms with Gasteiger partial charge in [0.2, 0.25) is 5.91 Å². The number of hydrogen-bond acceptors (Lipinski definition) is 7. The molecule has 0 unspecified atom stereocenters. The van der Waals surface area contributed by atoms with Crippen LogP contribution in [0.25, 0.3) is 10.9 Å². The molecule has 5 heterocycles. The van der Waals surface area contributed by atoms with E-state index in [1.165, 1.54) is 10.3 Å². The summed E-state index contributed by atoms with van der Waals surface area (Å²) in [6.07, 6.45) is 3.32. The highest BCUT2D eigenvalue weighted by atomic mass is 32.1. The fourth-order valence-electron chi connectivity index (χ4n) is 5.05. The Morgan fingerprint density at radius 2 is 1.81 bits per heavy atom. The number of ether oxygens (including phenoxy) is 2. The number of carbonyl (C=O) groups excluding carboxylic acids is 1. The molecule has 0 bridgehead atoms. The normalized spacial score (nSPS) is 22.2. The average Bonchev–Trinajstić information content (AvgIpc) is 3.40. The molecular formula is C23H32N4O3S. The Kier molecular flexibility index (Phi) is 5.65. The van der Waals surface area contributed by atoms with Crippen molar-refractivity contribution in [2.75, 3.05) is 44.3 Å². The van der Waals surface area contributed by atoms with Crippen molar-refractivity contribution in [3.8, 4) is 0 Å². The van der Waals surface area contributed by atoms with Crippen molar-refractivity contribution in [3.05, 3.63) is 16.1 Å². The molecule has 3 fully saturated rings. The summed E-state index contributed by atoms with van der Waals surface area (Å²) in [6.45, 7) is 11.0. The first kappa shape index (κ1) is 21.1. The number of aromatic nitrogens is 2. The molecule has 7 nitrogen and oxygen atoms in total. The summed E-state index contributed by atoms with van der Waals surface area (Å²) in [5.74, 6) is 2.21. The van der Waals surface area contributed by atoms with E-state index in [0.29, 0.717) is 19.1 Å². The van der Waals surface area contributed by atoms with Gasteiger partial charge < -0.3 is 19.3 Å². The molecule has 0 aliphatic carbocycles. The molecule has 3 aliphatic rings. The van der Waals surface area contributed by atoms with Crippen LogP contribution in [-0.2, 0) is 14.3 Å². The smallest absolute Gasteiger partial charge is 0.225 e. The quantitative estimate of drug-likeness (QED) is 0.719. The zero-order valence-corrected chi connectivity index (χ0v) is 19.5. The van der Waals surface area contributed by atoms with Gasteiger partial charge in [0.25, 0.3) is 0 Å². The molecule has 1 spiro atoms. The van der Waals surface area contributed by atoms with E-state index in [4.69, 9.17) is 19.4 Å². The molecule has 5 rings (SSSR count). The lowest BCUT2D eigenvalue weighted by molar-refractivity contribution is -0.188. The van der Waals surface area contributed by atoms with Crippen LogP contribution in [0.2, 0.25) is 0 Å². The number of fused-ring (bicyclic) bond motifs is 1. The van der Waals surface area contributed by atoms with Gasteiger partial charge in [-0.1, -0.05) is 13.8 Å². The summed E-state index contributed by atoms with van der Waals surface area (Å²) in [6, 6.07) is 0. The van der Waals surface area contributed by atoms with Crippen molar-refractivity contribution in [2.45, 2.75) is 58.2 Å². The van der Waals surface area contributed by atoms with Crippen molar-refractivity contribution in [1.82, 2.24) is 14.9 Å². The summed E-state index contributed by atoms with van der Waals surface area (Å²) >= 11 is 1.74. The predicted octanol–water partition coefficient (Wildman–Crippen LogP) is 3.71. The molecule has 2 aromatic heterocycles. The summed E-state index contributed by atoms with van der Waals surface area (Å²) in [5, 5.41) is 3.32. The van der Waals surface area contributed by atoms with E-state index in [9.17, 15) is 4.79 Å². The number of hydrogen-bond donors (Lipinski definition) is 0. The maximum atomic E-state index is 13.2. The molecule has 0 radical (unpaired) electrons. The van der Waals surface area contributed by atoms with Crippen LogP contribution < -0.4 is 4.90 Å². The summed E-state index contributed by atoms with van der Waals surface area (Å²) in [7, 11) is 0. The lowest BCUT2D eigenvalue weighted by Crippen LogP contribution is -2.50. The largest absolute Gasteiger partial charge is 0.356 e. The van der Waals surface area contributed by atoms with Gasteiger partial charge in [0.1, 0.15) is 11.6 Å². The van der Waals surface area contributed by atoms with E-state index < -0.39 is 5.79 Å². The Morgan fingerprint density at radius 3 is 2.45 bits per heavy atom. The third kappa shape index (κ3) is 3.94. The number of thiophene rings is 1. The van der Waals surface area contributed by atoms with E-state index in [1.807, 2.05) is 4.90 Å². The van der Waals surface area contributed by atoms with E-state index >= 15 is 0 Å². The van der Waals surface area contributed by atoms with Crippen LogP contribution in [0.1, 0.15) is 56.2 Å². The molecule has 3 aliphatic heterocycles. The van der Waals surface area contributed by atoms with Crippen LogP contribution in [0, 0.1) is 12.8 Å². The number of aryl methyl sites for hydroxylation is 1. The van der Waals surface area contributed by atoms with E-state index in [-0.39, 0.29) is 11.8 Å². The summed E-state index contributed by atoms with van der Waals surface area (Å²) in [4.78, 5) is 28.6. The van der Waals surface area contributed by atoms with Crippen LogP contribution in [0.15, 0.2) is 5.38 Å². The van der Waals surface area contributed by atoms with Crippen molar-refractivity contribution in [3.63, 3.8) is 0 Å². The fourth-order valence-corrected chi connectivity index (χ4v) is 5.82. The van der Waals surface area contributed by atoms with Crippen molar-refractivity contribution < 1.29 is 14.3 Å². The van der Waals surface area contributed by atoms with E-state index in [0.717, 1.165) is 69.0 Å². The number of amides is 1. The maximum absolute atomic E-state index is 13.2. The van der Waals surface area contributed by atoms with Gasteiger partial charge >= 0.3 is 0 Å². The van der Waals surface area contributed by atoms with Gasteiger partial charge in [-0.05, 0) is 19.8 Å². The molecular weight excluding hydrogens is 412 g/mol. The molecule has 1 amide bonds. The zero-order chi connectivity index (χ0) is 21.6. The summed E-state index contributed by atoms with van der Waals surface area (Å²) < 4.78 is 11.6. The maximum Gasteiger partial charge on any atom is 0.225 e. The molecule has 31 heavy (non-hydrogen) atoms. The van der Waals surface area contributed by atoms with Crippen LogP contribution >= 0.6 is 11.3 Å². The molecule has 3 saturated heterocycles. The minimum absolute atomic E-state index is 0.0983. The highest BCUT2D eigenvalue weighted by molar-refractivity contribution is 7.11. The third-order valence-corrected chi connectivity index (χ3v) is 7.84. The van der Waals surface area contributed by atoms with E-state index in [2.05, 4.69) is 31.1 Å². The van der Waals surface area contributed by atoms with Gasteiger partial charge in [-0.3, -0.25) is 4.79 Å². The fraction of sp³-hybridized carbons (Fsp3) is 0.696. The Labute approximate surface area is 187 Å². The van der Waals surface area contributed by atoms with Gasteiger partial charge in [-0.25, -0.2) is 9.97 Å². The average molecular weight is 445 g/mol. The molecule has 0 saturated carbocycles. The standard InChI is InChI=1S/C23H32N4O3S/c1-15(2)20-24-18-14-31-16(3)19(18)21(25-20)26-8-4-17(5-9-26)22(28)27-10-6-23(7-11-27)29-12-13-30-23/h14-15,17H,4-13H2,1-3H3. The number of rotatable bonds is 3. The van der Waals surface area contributed by atoms with Crippen molar-refractivity contribution in [1.29, 1.82) is 0 Å². The first-order valence-corrected chi connectivity index (χ1v) is 12.4. The Hall–Kier alpha value is -1.77. The topological polar surface area (TPSA) is 67.8 Å². The van der Waals surface area contributed by atoms with Crippen LogP contribution in [0.5, 0.6) is 0 Å². The zero-order valence-electron chi connectivity index (χ0n) is 18.7. The highest BCUT2D eigenvalue weighted by Gasteiger charge is 2.42. The highest BCUT2D eigenvalue weighted by Crippen LogP contribution is 2.36. The van der Waals surface area contributed by atoms with E-state index in [1.54, 1.807) is 11.3 Å². The lowest BCUT2D eigenvalue weighted by atomic mass is 9.93. The number of anilines is 1. The Balaban J connectivity index is 1.26. The number of likely N-dealkylation sites (tertiary alicyclic amines) is 1. The van der Waals surface area contributed by atoms with Gasteiger partial charge in [-0.2, -0.15) is 0 Å². The van der Waals surface area contributed by atoms with Crippen LogP contribution in [0.3, 0.4) is 0 Å². The number of piperidine rings is 2. The third-order valence-electron chi connectivity index (χ3n) is 6.95. The molecule has 2 aromatic rings. The lowest BCUT2D eigenvalue weighted by Gasteiger charge is -2.40. The van der Waals surface area contributed by atoms with Crippen molar-refractivity contribution >= 4 is 34.0 Å². The molecule has 168 valence electrons. The SMILES string of the molecule is Cc1scc2nc(C(C)C)nc(N3CCC(C(=O)N4CCC5(CC4)OCCO5)CC3)c12. The second-order valence-corrected chi connectivity index (χ2v) is 10.4. The minimum atomic E-state index is -0.426. The molecule has 0 N–H and O–H groups in total. The monoisotopic (exact) mass is 444 g/mol. The second kappa shape index (κ2) is 8.30. The Morgan fingerprint density at radius 1 is 1.13 bits per heavy atom. The summed E-state index contributed by atoms with van der Waals surface area (Å²) in [5.41, 5.74) is 1.05. The molecule has 0 aromatic carbocycles. The van der Waals surface area contributed by atoms with Gasteiger partial charge in [0, 0.05) is 61.1 Å². The first-order chi connectivity index (χ1) is 15.0. The molecule has 8 heteroatoms. The van der Waals surface area contributed by atoms with Crippen LogP contribution in [-0.4, -0.2) is 66.0 Å². The first-order valence-electron chi connectivity index (χ1n) is 11.5. The van der Waals surface area contributed by atoms with Crippen LogP contribution in [0.4, 0.5) is 5.82 Å². The second-order valence-electron chi connectivity index (χ2n) is 9.31. The van der Waals surface area contributed by atoms with Gasteiger partial charge in [0.05, 0.1) is 24.1 Å². The minimum Gasteiger partial charge on any atom is -0.356 e. The van der Waals surface area contributed by atoms with Gasteiger partial charge in [0.15, 0.2) is 5.79 Å². The van der Waals surface area contributed by atoms with Gasteiger partial charge in [-0.15, -0.1) is 11.3 Å². The number of nitrogens with zero attached hydrogens (tertiary/aromatic N) is 4. The Bertz CT molecular complexity index is 951.